The molecule has 1 N–H and O–H groups in total. The van der Waals surface area contributed by atoms with Crippen molar-refractivity contribution in [2.45, 2.75) is 26.9 Å². The average molecular weight is 310 g/mol. The van der Waals surface area contributed by atoms with Gasteiger partial charge in [-0.1, -0.05) is 54.6 Å². The first-order valence-corrected chi connectivity index (χ1v) is 7.73. The van der Waals surface area contributed by atoms with Gasteiger partial charge in [0.1, 0.15) is 6.10 Å². The molecule has 0 fully saturated rings. The normalized spacial score (nSPS) is 13.2. The Labute approximate surface area is 137 Å². The van der Waals surface area contributed by atoms with E-state index < -0.39 is 12.1 Å². The van der Waals surface area contributed by atoms with Gasteiger partial charge < -0.3 is 9.84 Å². The Morgan fingerprint density at radius 2 is 1.70 bits per heavy atom. The third-order valence-electron chi connectivity index (χ3n) is 3.84. The van der Waals surface area contributed by atoms with Crippen molar-refractivity contribution in [3.05, 3.63) is 76.9 Å². The molecule has 0 aromatic heterocycles. The smallest absolute Gasteiger partial charge is 0.337 e. The van der Waals surface area contributed by atoms with Crippen LogP contribution in [0.4, 0.5) is 0 Å². The maximum Gasteiger partial charge on any atom is 0.337 e. The second-order valence-corrected chi connectivity index (χ2v) is 5.39. The molecule has 0 saturated carbocycles. The molecule has 1 unspecified atom stereocenters. The van der Waals surface area contributed by atoms with E-state index in [9.17, 15) is 9.90 Å². The standard InChI is InChI=1S/C20H22O3/c1-4-23-20(22)18(19(21)16-11-6-5-7-12-16)15(3)17-13-9-8-10-14(17)2/h5-13,19,21H,4H2,1-3H3/b18-15-. The summed E-state index contributed by atoms with van der Waals surface area (Å²) in [4.78, 5) is 12.4. The minimum atomic E-state index is -1.02. The number of benzene rings is 2. The number of hydrogen-bond acceptors (Lipinski definition) is 3. The number of allylic oxidation sites excluding steroid dienone is 1. The molecule has 3 nitrogen and oxygen atoms in total. The first kappa shape index (κ1) is 17.0. The van der Waals surface area contributed by atoms with E-state index in [4.69, 9.17) is 4.74 Å². The molecule has 0 aliphatic carbocycles. The molecular weight excluding hydrogens is 288 g/mol. The zero-order valence-electron chi connectivity index (χ0n) is 13.7. The van der Waals surface area contributed by atoms with E-state index in [0.717, 1.165) is 16.7 Å². The number of hydrogen-bond donors (Lipinski definition) is 1. The molecule has 2 aromatic rings. The van der Waals surface area contributed by atoms with Crippen LogP contribution in [0.25, 0.3) is 5.57 Å². The van der Waals surface area contributed by atoms with E-state index >= 15 is 0 Å². The number of carbonyl (C=O) groups is 1. The number of esters is 1. The zero-order valence-corrected chi connectivity index (χ0v) is 13.7. The lowest BCUT2D eigenvalue weighted by atomic mass is 9.91. The lowest BCUT2D eigenvalue weighted by molar-refractivity contribution is -0.139. The summed E-state index contributed by atoms with van der Waals surface area (Å²) >= 11 is 0. The molecule has 23 heavy (non-hydrogen) atoms. The van der Waals surface area contributed by atoms with Crippen LogP contribution in [0, 0.1) is 6.92 Å². The van der Waals surface area contributed by atoms with Crippen molar-refractivity contribution in [2.24, 2.45) is 0 Å². The number of carbonyl (C=O) groups excluding carboxylic acids is 1. The van der Waals surface area contributed by atoms with Gasteiger partial charge in [-0.2, -0.15) is 0 Å². The summed E-state index contributed by atoms with van der Waals surface area (Å²) in [6, 6.07) is 16.9. The predicted molar refractivity (Wildman–Crippen MR) is 91.8 cm³/mol. The lowest BCUT2D eigenvalue weighted by Gasteiger charge is -2.18. The Hall–Kier alpha value is -2.39. The summed E-state index contributed by atoms with van der Waals surface area (Å²) < 4.78 is 5.17. The summed E-state index contributed by atoms with van der Waals surface area (Å²) in [5.74, 6) is -0.482. The summed E-state index contributed by atoms with van der Waals surface area (Å²) in [6.07, 6.45) is -1.02. The van der Waals surface area contributed by atoms with Crippen molar-refractivity contribution >= 4 is 11.5 Å². The van der Waals surface area contributed by atoms with Gasteiger partial charge in [-0.05, 0) is 43.0 Å². The van der Waals surface area contributed by atoms with Crippen molar-refractivity contribution in [2.75, 3.05) is 6.61 Å². The molecular formula is C20H22O3. The highest BCUT2D eigenvalue weighted by molar-refractivity contribution is 5.98. The van der Waals surface area contributed by atoms with Gasteiger partial charge in [0, 0.05) is 0 Å². The van der Waals surface area contributed by atoms with Gasteiger partial charge in [0.2, 0.25) is 0 Å². The SMILES string of the molecule is CCOC(=O)/C(=C(/C)c1ccccc1C)C(O)c1ccccc1. The van der Waals surface area contributed by atoms with Crippen LogP contribution in [0.5, 0.6) is 0 Å². The van der Waals surface area contributed by atoms with Gasteiger partial charge in [0.05, 0.1) is 12.2 Å². The summed E-state index contributed by atoms with van der Waals surface area (Å²) in [7, 11) is 0. The summed E-state index contributed by atoms with van der Waals surface area (Å²) in [5, 5.41) is 10.7. The van der Waals surface area contributed by atoms with Crippen molar-refractivity contribution in [3.63, 3.8) is 0 Å². The first-order valence-electron chi connectivity index (χ1n) is 7.73. The zero-order chi connectivity index (χ0) is 16.8. The Bertz CT molecular complexity index is 702. The second-order valence-electron chi connectivity index (χ2n) is 5.39. The van der Waals surface area contributed by atoms with E-state index in [2.05, 4.69) is 0 Å². The molecule has 120 valence electrons. The Morgan fingerprint density at radius 3 is 2.30 bits per heavy atom. The van der Waals surface area contributed by atoms with Crippen molar-refractivity contribution in [3.8, 4) is 0 Å². The van der Waals surface area contributed by atoms with Crippen LogP contribution in [0.15, 0.2) is 60.2 Å². The van der Waals surface area contributed by atoms with Crippen LogP contribution < -0.4 is 0 Å². The van der Waals surface area contributed by atoms with Crippen molar-refractivity contribution < 1.29 is 14.6 Å². The fourth-order valence-corrected chi connectivity index (χ4v) is 2.62. The Kier molecular flexibility index (Phi) is 5.72. The molecule has 0 aliphatic rings. The van der Waals surface area contributed by atoms with Crippen molar-refractivity contribution in [1.29, 1.82) is 0 Å². The summed E-state index contributed by atoms with van der Waals surface area (Å²) in [6.45, 7) is 5.86. The fourth-order valence-electron chi connectivity index (χ4n) is 2.62. The van der Waals surface area contributed by atoms with E-state index in [1.807, 2.05) is 56.3 Å². The molecule has 0 radical (unpaired) electrons. The Morgan fingerprint density at radius 1 is 1.09 bits per heavy atom. The Balaban J connectivity index is 2.56. The topological polar surface area (TPSA) is 46.5 Å². The molecule has 3 heteroatoms. The van der Waals surface area contributed by atoms with E-state index in [0.29, 0.717) is 5.56 Å². The van der Waals surface area contributed by atoms with Gasteiger partial charge in [-0.25, -0.2) is 4.79 Å². The third-order valence-corrected chi connectivity index (χ3v) is 3.84. The minimum Gasteiger partial charge on any atom is -0.463 e. The highest BCUT2D eigenvalue weighted by Crippen LogP contribution is 2.31. The lowest BCUT2D eigenvalue weighted by Crippen LogP contribution is -2.16. The van der Waals surface area contributed by atoms with Crippen LogP contribution in [0.1, 0.15) is 36.6 Å². The first-order chi connectivity index (χ1) is 11.1. The van der Waals surface area contributed by atoms with Crippen LogP contribution in [-0.2, 0) is 9.53 Å². The predicted octanol–water partition coefficient (Wildman–Crippen LogP) is 4.07. The number of ether oxygens (including phenoxy) is 1. The van der Waals surface area contributed by atoms with Crippen molar-refractivity contribution in [1.82, 2.24) is 0 Å². The maximum atomic E-state index is 12.4. The molecule has 0 aliphatic heterocycles. The number of aliphatic hydroxyl groups excluding tert-OH is 1. The van der Waals surface area contributed by atoms with E-state index in [1.54, 1.807) is 19.1 Å². The molecule has 0 spiro atoms. The number of aliphatic hydroxyl groups is 1. The van der Waals surface area contributed by atoms with Crippen LogP contribution in [0.3, 0.4) is 0 Å². The molecule has 0 bridgehead atoms. The second kappa shape index (κ2) is 7.75. The number of rotatable bonds is 5. The van der Waals surface area contributed by atoms with Crippen LogP contribution >= 0.6 is 0 Å². The van der Waals surface area contributed by atoms with E-state index in [-0.39, 0.29) is 12.2 Å². The van der Waals surface area contributed by atoms with Gasteiger partial charge >= 0.3 is 5.97 Å². The molecule has 0 amide bonds. The molecule has 2 rings (SSSR count). The van der Waals surface area contributed by atoms with Crippen LogP contribution in [-0.4, -0.2) is 17.7 Å². The van der Waals surface area contributed by atoms with Gasteiger partial charge in [-0.3, -0.25) is 0 Å². The minimum absolute atomic E-state index is 0.269. The quantitative estimate of drug-likeness (QED) is 0.669. The van der Waals surface area contributed by atoms with Crippen LogP contribution in [0.2, 0.25) is 0 Å². The average Bonchev–Trinajstić information content (AvgIpc) is 2.56. The fraction of sp³-hybridized carbons (Fsp3) is 0.250. The molecule has 0 heterocycles. The highest BCUT2D eigenvalue weighted by Gasteiger charge is 2.25. The third kappa shape index (κ3) is 3.88. The monoisotopic (exact) mass is 310 g/mol. The largest absolute Gasteiger partial charge is 0.463 e. The maximum absolute atomic E-state index is 12.4. The molecule has 0 saturated heterocycles. The summed E-state index contributed by atoms with van der Waals surface area (Å²) in [5.41, 5.74) is 3.67. The molecule has 1 atom stereocenters. The van der Waals surface area contributed by atoms with E-state index in [1.165, 1.54) is 0 Å². The molecule has 2 aromatic carbocycles. The van der Waals surface area contributed by atoms with Gasteiger partial charge in [-0.15, -0.1) is 0 Å². The van der Waals surface area contributed by atoms with Gasteiger partial charge in [0.15, 0.2) is 0 Å². The number of aryl methyl sites for hydroxylation is 1. The highest BCUT2D eigenvalue weighted by atomic mass is 16.5. The van der Waals surface area contributed by atoms with Gasteiger partial charge in [0.25, 0.3) is 0 Å².